The van der Waals surface area contributed by atoms with Gasteiger partial charge in [-0.3, -0.25) is 0 Å². The normalized spacial score (nSPS) is 13.1. The fourth-order valence-corrected chi connectivity index (χ4v) is 1.09. The van der Waals surface area contributed by atoms with Gasteiger partial charge in [-0.15, -0.1) is 0 Å². The highest BCUT2D eigenvalue weighted by Crippen LogP contribution is 2.03. The predicted octanol–water partition coefficient (Wildman–Crippen LogP) is 1.27. The number of rotatable bonds is 10. The van der Waals surface area contributed by atoms with Crippen molar-refractivity contribution in [2.75, 3.05) is 40.6 Å². The molecule has 14 heavy (non-hydrogen) atoms. The molecular formula is C10H21O4. The average Bonchev–Trinajstić information content (AvgIpc) is 2.22. The summed E-state index contributed by atoms with van der Waals surface area (Å²) in [5.41, 5.74) is 0. The van der Waals surface area contributed by atoms with Crippen molar-refractivity contribution in [2.45, 2.75) is 25.4 Å². The molecule has 0 bridgehead atoms. The van der Waals surface area contributed by atoms with Crippen LogP contribution in [-0.4, -0.2) is 46.8 Å². The molecule has 4 heteroatoms. The molecular weight excluding hydrogens is 184 g/mol. The third-order valence-electron chi connectivity index (χ3n) is 2.02. The summed E-state index contributed by atoms with van der Waals surface area (Å²) < 4.78 is 15.1. The highest BCUT2D eigenvalue weighted by atomic mass is 16.5. The summed E-state index contributed by atoms with van der Waals surface area (Å²) in [5.74, 6) is 0. The summed E-state index contributed by atoms with van der Waals surface area (Å²) in [7, 11) is 3.23. The number of ether oxygens (including phenoxy) is 3. The predicted molar refractivity (Wildman–Crippen MR) is 52.9 cm³/mol. The van der Waals surface area contributed by atoms with Gasteiger partial charge in [0.15, 0.2) is 0 Å². The van der Waals surface area contributed by atoms with Crippen molar-refractivity contribution in [1.82, 2.24) is 0 Å². The van der Waals surface area contributed by atoms with Gasteiger partial charge < -0.3 is 14.2 Å². The minimum atomic E-state index is -0.152. The Bertz CT molecular complexity index is 104. The van der Waals surface area contributed by atoms with Crippen LogP contribution in [0.15, 0.2) is 0 Å². The van der Waals surface area contributed by atoms with Crippen LogP contribution in [0, 0.1) is 0 Å². The molecule has 0 saturated carbocycles. The molecule has 0 rings (SSSR count). The van der Waals surface area contributed by atoms with Crippen LogP contribution < -0.4 is 0 Å². The van der Waals surface area contributed by atoms with E-state index >= 15 is 0 Å². The van der Waals surface area contributed by atoms with Crippen LogP contribution in [0.3, 0.4) is 0 Å². The van der Waals surface area contributed by atoms with Crippen molar-refractivity contribution >= 4 is 0 Å². The molecule has 0 amide bonds. The van der Waals surface area contributed by atoms with Crippen molar-refractivity contribution in [2.24, 2.45) is 0 Å². The lowest BCUT2D eigenvalue weighted by molar-refractivity contribution is 0.0121. The van der Waals surface area contributed by atoms with Gasteiger partial charge in [-0.25, -0.2) is 5.11 Å². The van der Waals surface area contributed by atoms with Gasteiger partial charge in [0.05, 0.1) is 19.3 Å². The van der Waals surface area contributed by atoms with Crippen LogP contribution >= 0.6 is 0 Å². The van der Waals surface area contributed by atoms with E-state index in [1.807, 2.05) is 0 Å². The van der Waals surface area contributed by atoms with Crippen LogP contribution in [0.25, 0.3) is 0 Å². The van der Waals surface area contributed by atoms with E-state index in [4.69, 9.17) is 14.2 Å². The average molecular weight is 205 g/mol. The molecule has 0 aliphatic rings. The minimum absolute atomic E-state index is 0.131. The highest BCUT2D eigenvalue weighted by molar-refractivity contribution is 4.54. The summed E-state index contributed by atoms with van der Waals surface area (Å²) in [5, 5.41) is 10.5. The van der Waals surface area contributed by atoms with E-state index in [9.17, 15) is 5.11 Å². The lowest BCUT2D eigenvalue weighted by Crippen LogP contribution is -2.14. The molecule has 0 heterocycles. The second-order valence-electron chi connectivity index (χ2n) is 3.13. The molecule has 0 aliphatic heterocycles. The molecule has 0 saturated heterocycles. The second-order valence-corrected chi connectivity index (χ2v) is 3.13. The maximum absolute atomic E-state index is 10.5. The van der Waals surface area contributed by atoms with Crippen molar-refractivity contribution in [3.63, 3.8) is 0 Å². The minimum Gasteiger partial charge on any atom is -0.382 e. The molecule has 0 aromatic rings. The summed E-state index contributed by atoms with van der Waals surface area (Å²) in [6, 6.07) is 0. The molecule has 0 aliphatic carbocycles. The second kappa shape index (κ2) is 10.9. The first-order chi connectivity index (χ1) is 6.85. The van der Waals surface area contributed by atoms with Gasteiger partial charge in [-0.1, -0.05) is 0 Å². The van der Waals surface area contributed by atoms with Gasteiger partial charge in [0.2, 0.25) is 0 Å². The number of unbranched alkanes of at least 4 members (excludes halogenated alkanes) is 1. The summed E-state index contributed by atoms with van der Waals surface area (Å²) in [4.78, 5) is 0. The Kier molecular flexibility index (Phi) is 10.8. The first kappa shape index (κ1) is 13.8. The lowest BCUT2D eigenvalue weighted by Gasteiger charge is -2.10. The number of hydrogen-bond acceptors (Lipinski definition) is 3. The van der Waals surface area contributed by atoms with Crippen molar-refractivity contribution in [3.8, 4) is 0 Å². The molecule has 85 valence electrons. The zero-order valence-electron chi connectivity index (χ0n) is 9.16. The van der Waals surface area contributed by atoms with Crippen LogP contribution in [0.2, 0.25) is 0 Å². The largest absolute Gasteiger partial charge is 0.382 e. The van der Waals surface area contributed by atoms with Crippen molar-refractivity contribution in [3.05, 3.63) is 0 Å². The maximum Gasteiger partial charge on any atom is 0.108 e. The fraction of sp³-hybridized carbons (Fsp3) is 1.00. The number of hydrogen-bond donors (Lipinski definition) is 0. The van der Waals surface area contributed by atoms with Gasteiger partial charge in [0.25, 0.3) is 0 Å². The Morgan fingerprint density at radius 3 is 2.43 bits per heavy atom. The smallest absolute Gasteiger partial charge is 0.108 e. The molecule has 1 unspecified atom stereocenters. The van der Waals surface area contributed by atoms with Gasteiger partial charge in [-0.2, -0.15) is 0 Å². The number of methoxy groups -OCH3 is 2. The summed E-state index contributed by atoms with van der Waals surface area (Å²) in [6.07, 6.45) is 2.65. The van der Waals surface area contributed by atoms with Crippen LogP contribution in [-0.2, 0) is 19.3 Å². The van der Waals surface area contributed by atoms with Crippen LogP contribution in [0.5, 0.6) is 0 Å². The first-order valence-corrected chi connectivity index (χ1v) is 5.02. The van der Waals surface area contributed by atoms with Crippen LogP contribution in [0.4, 0.5) is 0 Å². The molecule has 0 aromatic heterocycles. The lowest BCUT2D eigenvalue weighted by atomic mass is 10.2. The quantitative estimate of drug-likeness (QED) is 0.504. The molecule has 0 spiro atoms. The van der Waals surface area contributed by atoms with Gasteiger partial charge in [-0.05, 0) is 19.3 Å². The monoisotopic (exact) mass is 205 g/mol. The first-order valence-electron chi connectivity index (χ1n) is 5.02. The van der Waals surface area contributed by atoms with E-state index < -0.39 is 0 Å². The third-order valence-corrected chi connectivity index (χ3v) is 2.02. The van der Waals surface area contributed by atoms with Crippen LogP contribution in [0.1, 0.15) is 19.3 Å². The summed E-state index contributed by atoms with van der Waals surface area (Å²) in [6.45, 7) is 1.87. The van der Waals surface area contributed by atoms with E-state index in [2.05, 4.69) is 0 Å². The molecule has 4 nitrogen and oxygen atoms in total. The van der Waals surface area contributed by atoms with E-state index in [0.717, 1.165) is 25.9 Å². The zero-order chi connectivity index (χ0) is 10.6. The van der Waals surface area contributed by atoms with Crippen molar-refractivity contribution in [1.29, 1.82) is 0 Å². The molecule has 1 radical (unpaired) electrons. The fourth-order valence-electron chi connectivity index (χ4n) is 1.09. The zero-order valence-corrected chi connectivity index (χ0v) is 9.16. The van der Waals surface area contributed by atoms with E-state index in [-0.39, 0.29) is 12.7 Å². The Morgan fingerprint density at radius 2 is 1.86 bits per heavy atom. The Labute approximate surface area is 86.2 Å². The molecule has 1 atom stereocenters. The molecule has 0 fully saturated rings. The molecule has 0 N–H and O–H groups in total. The maximum atomic E-state index is 10.5. The highest BCUT2D eigenvalue weighted by Gasteiger charge is 2.04. The molecule has 0 aromatic carbocycles. The van der Waals surface area contributed by atoms with Gasteiger partial charge in [0.1, 0.15) is 6.61 Å². The van der Waals surface area contributed by atoms with Gasteiger partial charge in [0, 0.05) is 20.8 Å². The van der Waals surface area contributed by atoms with Gasteiger partial charge >= 0.3 is 0 Å². The third kappa shape index (κ3) is 8.44. The SMILES string of the molecule is COCCOCCCCC(C[O])OC. The topological polar surface area (TPSA) is 47.6 Å². The standard InChI is InChI=1S/C10H21O4/c1-12-7-8-14-6-4-3-5-10(9-11)13-2/h10H,3-9H2,1-2H3. The van der Waals surface area contributed by atoms with E-state index in [1.165, 1.54) is 0 Å². The van der Waals surface area contributed by atoms with Crippen molar-refractivity contribution < 1.29 is 19.3 Å². The van der Waals surface area contributed by atoms with E-state index in [0.29, 0.717) is 13.2 Å². The Morgan fingerprint density at radius 1 is 1.07 bits per heavy atom. The van der Waals surface area contributed by atoms with E-state index in [1.54, 1.807) is 14.2 Å². The summed E-state index contributed by atoms with van der Waals surface area (Å²) >= 11 is 0. The Hall–Kier alpha value is -0.160. The Balaban J connectivity index is 3.04.